The van der Waals surface area contributed by atoms with Crippen LogP contribution in [0.4, 0.5) is 5.82 Å². The summed E-state index contributed by atoms with van der Waals surface area (Å²) < 4.78 is 1.92. The molecule has 130 valence electrons. The summed E-state index contributed by atoms with van der Waals surface area (Å²) in [5, 5.41) is 17.7. The molecule has 0 bridgehead atoms. The number of hydrogen-bond acceptors (Lipinski definition) is 5. The number of carbonyl (C=O) groups excluding carboxylic acids is 1. The quantitative estimate of drug-likeness (QED) is 0.660. The first kappa shape index (κ1) is 16.7. The maximum Gasteiger partial charge on any atom is 0.270 e. The smallest absolute Gasteiger partial charge is 0.270 e. The predicted molar refractivity (Wildman–Crippen MR) is 94.7 cm³/mol. The second-order valence-corrected chi connectivity index (χ2v) is 6.11. The molecule has 25 heavy (non-hydrogen) atoms. The molecule has 4 N–H and O–H groups in total. The highest BCUT2D eigenvalue weighted by Crippen LogP contribution is 2.28. The van der Waals surface area contributed by atoms with Crippen LogP contribution >= 0.6 is 0 Å². The van der Waals surface area contributed by atoms with Crippen LogP contribution in [0.25, 0.3) is 11.1 Å². The van der Waals surface area contributed by atoms with Crippen LogP contribution in [0.5, 0.6) is 0 Å². The largest absolute Gasteiger partial charge is 0.382 e. The predicted octanol–water partition coefficient (Wildman–Crippen LogP) is 2.32. The minimum Gasteiger partial charge on any atom is -0.382 e. The van der Waals surface area contributed by atoms with Crippen LogP contribution in [0.15, 0.2) is 36.7 Å². The molecule has 1 atom stereocenters. The van der Waals surface area contributed by atoms with E-state index >= 15 is 0 Å². The average Bonchev–Trinajstić information content (AvgIpc) is 3.22. The zero-order valence-corrected chi connectivity index (χ0v) is 14.4. The molecule has 0 fully saturated rings. The lowest BCUT2D eigenvalue weighted by atomic mass is 10.0. The molecule has 0 saturated heterocycles. The Hall–Kier alpha value is -3.16. The van der Waals surface area contributed by atoms with Crippen LogP contribution in [0, 0.1) is 0 Å². The molecular formula is C17H21N7O. The fourth-order valence-corrected chi connectivity index (χ4v) is 2.71. The molecule has 0 radical (unpaired) electrons. The Balaban J connectivity index is 1.86. The number of carbonyl (C=O) groups is 1. The number of rotatable bonds is 5. The molecule has 8 nitrogen and oxygen atoms in total. The minimum atomic E-state index is -0.314. The fourth-order valence-electron chi connectivity index (χ4n) is 2.71. The third kappa shape index (κ3) is 3.23. The zero-order valence-electron chi connectivity index (χ0n) is 14.4. The van der Waals surface area contributed by atoms with Crippen molar-refractivity contribution in [1.82, 2.24) is 30.3 Å². The van der Waals surface area contributed by atoms with Crippen molar-refractivity contribution in [2.45, 2.75) is 32.9 Å². The van der Waals surface area contributed by atoms with Gasteiger partial charge in [-0.1, -0.05) is 30.3 Å². The molecule has 0 aliphatic rings. The van der Waals surface area contributed by atoms with Crippen LogP contribution in [0.1, 0.15) is 49.2 Å². The molecule has 3 aromatic rings. The Bertz CT molecular complexity index is 866. The van der Waals surface area contributed by atoms with Gasteiger partial charge in [-0.15, -0.1) is 10.2 Å². The van der Waals surface area contributed by atoms with Crippen molar-refractivity contribution in [1.29, 1.82) is 0 Å². The third-order valence-electron chi connectivity index (χ3n) is 3.98. The SMILES string of the molecule is CC(NC(=O)c1[nH]nc(N)c1-c1ccccc1)c1nncn1C(C)C. The normalized spacial score (nSPS) is 12.3. The number of hydrogen-bond donors (Lipinski definition) is 3. The van der Waals surface area contributed by atoms with Crippen molar-refractivity contribution in [3.05, 3.63) is 48.2 Å². The first-order chi connectivity index (χ1) is 12.0. The summed E-state index contributed by atoms with van der Waals surface area (Å²) in [5.74, 6) is 0.681. The second kappa shape index (κ2) is 6.76. The van der Waals surface area contributed by atoms with Crippen LogP contribution in [0.2, 0.25) is 0 Å². The van der Waals surface area contributed by atoms with Gasteiger partial charge >= 0.3 is 0 Å². The number of aromatic amines is 1. The number of anilines is 1. The van der Waals surface area contributed by atoms with Gasteiger partial charge in [0.05, 0.1) is 11.6 Å². The first-order valence-corrected chi connectivity index (χ1v) is 8.08. The number of aromatic nitrogens is 5. The first-order valence-electron chi connectivity index (χ1n) is 8.08. The Labute approximate surface area is 145 Å². The van der Waals surface area contributed by atoms with E-state index in [-0.39, 0.29) is 23.8 Å². The van der Waals surface area contributed by atoms with Gasteiger partial charge < -0.3 is 15.6 Å². The Morgan fingerprint density at radius 2 is 1.96 bits per heavy atom. The van der Waals surface area contributed by atoms with E-state index < -0.39 is 0 Å². The third-order valence-corrected chi connectivity index (χ3v) is 3.98. The maximum absolute atomic E-state index is 12.7. The lowest BCUT2D eigenvalue weighted by Gasteiger charge is -2.16. The summed E-state index contributed by atoms with van der Waals surface area (Å²) >= 11 is 0. The summed E-state index contributed by atoms with van der Waals surface area (Å²) in [6.07, 6.45) is 1.66. The van der Waals surface area contributed by atoms with Crippen LogP contribution in [0.3, 0.4) is 0 Å². The van der Waals surface area contributed by atoms with Gasteiger partial charge in [-0.05, 0) is 26.3 Å². The molecule has 0 saturated carbocycles. The molecule has 8 heteroatoms. The standard InChI is InChI=1S/C17H21N7O/c1-10(2)24-9-19-23-16(24)11(3)20-17(25)14-13(15(18)22-21-14)12-7-5-4-6-8-12/h4-11H,1-3H3,(H,20,25)(H3,18,21,22). The number of benzene rings is 1. The molecule has 1 unspecified atom stereocenters. The average molecular weight is 339 g/mol. The Morgan fingerprint density at radius 1 is 1.24 bits per heavy atom. The molecule has 0 aliphatic heterocycles. The van der Waals surface area contributed by atoms with E-state index in [4.69, 9.17) is 5.73 Å². The monoisotopic (exact) mass is 339 g/mol. The van der Waals surface area contributed by atoms with Crippen molar-refractivity contribution < 1.29 is 4.79 Å². The van der Waals surface area contributed by atoms with Gasteiger partial charge in [0, 0.05) is 6.04 Å². The summed E-state index contributed by atoms with van der Waals surface area (Å²) in [7, 11) is 0. The van der Waals surface area contributed by atoms with Crippen molar-refractivity contribution in [3.63, 3.8) is 0 Å². The molecule has 2 heterocycles. The minimum absolute atomic E-state index is 0.201. The summed E-state index contributed by atoms with van der Waals surface area (Å²) in [4.78, 5) is 12.7. The second-order valence-electron chi connectivity index (χ2n) is 6.11. The van der Waals surface area contributed by atoms with Crippen LogP contribution < -0.4 is 11.1 Å². The Morgan fingerprint density at radius 3 is 2.64 bits per heavy atom. The summed E-state index contributed by atoms with van der Waals surface area (Å²) in [5.41, 5.74) is 7.70. The van der Waals surface area contributed by atoms with E-state index in [1.807, 2.05) is 55.7 Å². The molecule has 1 amide bonds. The van der Waals surface area contributed by atoms with E-state index in [0.717, 1.165) is 5.56 Å². The molecule has 1 aromatic carbocycles. The highest BCUT2D eigenvalue weighted by molar-refractivity contribution is 6.01. The van der Waals surface area contributed by atoms with E-state index in [9.17, 15) is 4.79 Å². The van der Waals surface area contributed by atoms with Crippen molar-refractivity contribution in [2.24, 2.45) is 0 Å². The van der Waals surface area contributed by atoms with Crippen molar-refractivity contribution in [2.75, 3.05) is 5.73 Å². The topological polar surface area (TPSA) is 115 Å². The fraction of sp³-hybridized carbons (Fsp3) is 0.294. The lowest BCUT2D eigenvalue weighted by Crippen LogP contribution is -2.29. The number of nitrogens with two attached hydrogens (primary N) is 1. The summed E-state index contributed by atoms with van der Waals surface area (Å²) in [6.45, 7) is 5.93. The van der Waals surface area contributed by atoms with Crippen LogP contribution in [-0.2, 0) is 0 Å². The van der Waals surface area contributed by atoms with Crippen molar-refractivity contribution in [3.8, 4) is 11.1 Å². The molecule has 0 aliphatic carbocycles. The van der Waals surface area contributed by atoms with Gasteiger partial charge in [-0.2, -0.15) is 5.10 Å². The van der Waals surface area contributed by atoms with Gasteiger partial charge in [0.2, 0.25) is 0 Å². The summed E-state index contributed by atoms with van der Waals surface area (Å²) in [6, 6.07) is 9.33. The number of H-pyrrole nitrogens is 1. The van der Waals surface area contributed by atoms with E-state index in [1.165, 1.54) is 0 Å². The number of amides is 1. The molecule has 0 spiro atoms. The van der Waals surface area contributed by atoms with E-state index in [2.05, 4.69) is 25.7 Å². The molecular weight excluding hydrogens is 318 g/mol. The van der Waals surface area contributed by atoms with Gasteiger partial charge in [-0.25, -0.2) is 0 Å². The number of nitrogen functional groups attached to an aromatic ring is 1. The van der Waals surface area contributed by atoms with Gasteiger partial charge in [0.25, 0.3) is 5.91 Å². The van der Waals surface area contributed by atoms with Gasteiger partial charge in [-0.3, -0.25) is 9.89 Å². The van der Waals surface area contributed by atoms with Gasteiger partial charge in [0.15, 0.2) is 11.6 Å². The van der Waals surface area contributed by atoms with Gasteiger partial charge in [0.1, 0.15) is 12.0 Å². The Kier molecular flexibility index (Phi) is 4.51. The highest BCUT2D eigenvalue weighted by atomic mass is 16.2. The lowest BCUT2D eigenvalue weighted by molar-refractivity contribution is 0.0933. The highest BCUT2D eigenvalue weighted by Gasteiger charge is 2.23. The van der Waals surface area contributed by atoms with Crippen LogP contribution in [-0.4, -0.2) is 30.9 Å². The number of nitrogens with one attached hydrogen (secondary N) is 2. The number of nitrogens with zero attached hydrogens (tertiary/aromatic N) is 4. The van der Waals surface area contributed by atoms with E-state index in [1.54, 1.807) is 6.33 Å². The molecule has 2 aromatic heterocycles. The van der Waals surface area contributed by atoms with E-state index in [0.29, 0.717) is 17.1 Å². The van der Waals surface area contributed by atoms with Crippen molar-refractivity contribution >= 4 is 11.7 Å². The maximum atomic E-state index is 12.7. The molecule has 3 rings (SSSR count). The zero-order chi connectivity index (χ0) is 18.0.